The molecule has 0 radical (unpaired) electrons. The van der Waals surface area contributed by atoms with E-state index in [1.54, 1.807) is 0 Å². The Bertz CT molecular complexity index is 2620. The van der Waals surface area contributed by atoms with Crippen LogP contribution in [0, 0.1) is 5.41 Å². The van der Waals surface area contributed by atoms with E-state index in [2.05, 4.69) is 196 Å². The summed E-state index contributed by atoms with van der Waals surface area (Å²) >= 11 is 0. The van der Waals surface area contributed by atoms with E-state index in [0.29, 0.717) is 38.2 Å². The lowest BCUT2D eigenvalue weighted by Gasteiger charge is -2.26. The van der Waals surface area contributed by atoms with Gasteiger partial charge in [0.1, 0.15) is 29.7 Å². The second kappa shape index (κ2) is 20.0. The van der Waals surface area contributed by atoms with Gasteiger partial charge in [-0.05, 0) is 117 Å². The molecule has 2 aliphatic heterocycles. The summed E-state index contributed by atoms with van der Waals surface area (Å²) in [5.41, 5.74) is 12.4. The molecule has 0 fully saturated rings. The van der Waals surface area contributed by atoms with Gasteiger partial charge < -0.3 is 18.9 Å². The molecule has 0 aromatic heterocycles. The van der Waals surface area contributed by atoms with Crippen molar-refractivity contribution in [3.05, 3.63) is 241 Å². The zero-order chi connectivity index (χ0) is 45.4. The Morgan fingerprint density at radius 3 is 0.955 bits per heavy atom. The Kier molecular flexibility index (Phi) is 13.0. The van der Waals surface area contributed by atoms with E-state index in [-0.39, 0.29) is 12.1 Å². The number of ether oxygens (including phenoxy) is 4. The van der Waals surface area contributed by atoms with Crippen LogP contribution in [0.3, 0.4) is 0 Å². The van der Waals surface area contributed by atoms with Crippen molar-refractivity contribution in [2.24, 2.45) is 15.4 Å². The predicted molar refractivity (Wildman–Crippen MR) is 271 cm³/mol. The van der Waals surface area contributed by atoms with E-state index in [1.165, 1.54) is 0 Å². The molecule has 2 heterocycles. The van der Waals surface area contributed by atoms with Crippen molar-refractivity contribution in [2.45, 2.75) is 51.4 Å². The fraction of sp³-hybridized carbons (Fsp3) is 0.180. The molecule has 0 saturated carbocycles. The lowest BCUT2D eigenvalue weighted by Crippen LogP contribution is -2.37. The van der Waals surface area contributed by atoms with Crippen molar-refractivity contribution in [3.8, 4) is 44.5 Å². The highest BCUT2D eigenvalue weighted by Gasteiger charge is 2.47. The van der Waals surface area contributed by atoms with Crippen molar-refractivity contribution in [1.82, 2.24) is 0 Å². The zero-order valence-corrected chi connectivity index (χ0v) is 37.9. The van der Waals surface area contributed by atoms with E-state index < -0.39 is 17.6 Å². The van der Waals surface area contributed by atoms with Crippen LogP contribution in [-0.4, -0.2) is 37.2 Å². The smallest absolute Gasteiger partial charge is 0.199 e. The third-order valence-electron chi connectivity index (χ3n) is 12.6. The molecule has 0 amide bonds. The van der Waals surface area contributed by atoms with E-state index in [0.717, 1.165) is 66.8 Å². The molecular formula is C61H54N2O4. The van der Waals surface area contributed by atoms with Crippen LogP contribution in [0.15, 0.2) is 228 Å². The summed E-state index contributed by atoms with van der Waals surface area (Å²) in [6.45, 7) is 5.79. The van der Waals surface area contributed by atoms with Crippen molar-refractivity contribution in [2.75, 3.05) is 13.2 Å². The maximum Gasteiger partial charge on any atom is 0.199 e. The Balaban J connectivity index is 1.03. The molecule has 0 unspecified atom stereocenters. The van der Waals surface area contributed by atoms with Crippen LogP contribution in [0.2, 0.25) is 0 Å². The minimum Gasteiger partial charge on any atom is -0.472 e. The third-order valence-corrected chi connectivity index (χ3v) is 12.6. The first kappa shape index (κ1) is 43.5. The van der Waals surface area contributed by atoms with Crippen LogP contribution in [0.5, 0.6) is 0 Å². The largest absolute Gasteiger partial charge is 0.472 e. The minimum absolute atomic E-state index is 0.333. The average Bonchev–Trinajstić information content (AvgIpc) is 4.04. The van der Waals surface area contributed by atoms with Crippen LogP contribution in [-0.2, 0) is 32.2 Å². The molecular weight excluding hydrogens is 825 g/mol. The summed E-state index contributed by atoms with van der Waals surface area (Å²) in [4.78, 5) is 11.0. The number of hydrogen-bond donors (Lipinski definition) is 0. The Hall–Kier alpha value is -7.38. The predicted octanol–water partition coefficient (Wildman–Crippen LogP) is 14.2. The van der Waals surface area contributed by atoms with Crippen molar-refractivity contribution in [1.29, 1.82) is 0 Å². The summed E-state index contributed by atoms with van der Waals surface area (Å²) in [5, 5.41) is 0. The van der Waals surface area contributed by atoms with Crippen LogP contribution >= 0.6 is 0 Å². The molecule has 8 aromatic carbocycles. The molecule has 0 N–H and O–H groups in total. The van der Waals surface area contributed by atoms with Gasteiger partial charge in [0, 0.05) is 0 Å². The average molecular weight is 879 g/mol. The van der Waals surface area contributed by atoms with Gasteiger partial charge in [0.25, 0.3) is 0 Å². The molecule has 6 heteroatoms. The van der Waals surface area contributed by atoms with E-state index in [9.17, 15) is 0 Å². The highest BCUT2D eigenvalue weighted by atomic mass is 16.6. The van der Waals surface area contributed by atoms with Gasteiger partial charge in [0.05, 0.1) is 26.4 Å². The van der Waals surface area contributed by atoms with Crippen LogP contribution in [0.4, 0.5) is 0 Å². The van der Waals surface area contributed by atoms with Gasteiger partial charge in [0.2, 0.25) is 0 Å². The monoisotopic (exact) mass is 878 g/mol. The lowest BCUT2D eigenvalue weighted by atomic mass is 9.91. The first-order valence-corrected chi connectivity index (χ1v) is 23.2. The van der Waals surface area contributed by atoms with E-state index in [1.807, 2.05) is 36.4 Å². The topological polar surface area (TPSA) is 61.6 Å². The van der Waals surface area contributed by atoms with Gasteiger partial charge in [-0.1, -0.05) is 182 Å². The molecule has 6 nitrogen and oxygen atoms in total. The third kappa shape index (κ3) is 10.1. The second-order valence-electron chi connectivity index (χ2n) is 17.8. The van der Waals surface area contributed by atoms with Gasteiger partial charge in [0.15, 0.2) is 11.8 Å². The molecule has 0 spiro atoms. The Morgan fingerprint density at radius 2 is 0.657 bits per heavy atom. The zero-order valence-electron chi connectivity index (χ0n) is 37.9. The fourth-order valence-electron chi connectivity index (χ4n) is 9.00. The minimum atomic E-state index is -0.850. The molecule has 0 aliphatic carbocycles. The summed E-state index contributed by atoms with van der Waals surface area (Å²) < 4.78 is 27.0. The standard InChI is InChI=1S/C61H54N2O4/c1-61(2,59-62-57(55(66-59)41-64-39-43-21-9-3-10-22-43)53-35-49(45-25-13-5-14-26-45)33-50(36-53)46-27-15-6-16-28-46)60-63-58(56(67-60)42-65-40-44-23-11-4-12-24-44)54-37-51(47-29-17-7-18-30-47)34-52(38-54)48-31-19-8-20-32-48/h3-38,55-58H,39-42H2,1-2H3/t55-,56-,57-,58-/m1/s1. The van der Waals surface area contributed by atoms with Gasteiger partial charge in [-0.2, -0.15) is 0 Å². The summed E-state index contributed by atoms with van der Waals surface area (Å²) in [6.07, 6.45) is -0.821. The number of benzene rings is 8. The molecule has 4 atom stereocenters. The number of rotatable bonds is 16. The van der Waals surface area contributed by atoms with Crippen molar-refractivity contribution >= 4 is 11.8 Å². The molecule has 8 aromatic rings. The van der Waals surface area contributed by atoms with E-state index >= 15 is 0 Å². The molecule has 332 valence electrons. The van der Waals surface area contributed by atoms with Gasteiger partial charge in [-0.15, -0.1) is 0 Å². The molecule has 0 bridgehead atoms. The van der Waals surface area contributed by atoms with Gasteiger partial charge >= 0.3 is 0 Å². The van der Waals surface area contributed by atoms with Gasteiger partial charge in [-0.25, -0.2) is 9.98 Å². The maximum atomic E-state index is 7.04. The Morgan fingerprint density at radius 1 is 0.373 bits per heavy atom. The van der Waals surface area contributed by atoms with Crippen LogP contribution in [0.1, 0.15) is 48.2 Å². The summed E-state index contributed by atoms with van der Waals surface area (Å²) in [6, 6.07) is 75.4. The first-order valence-electron chi connectivity index (χ1n) is 23.2. The SMILES string of the molecule is CC(C)(C1=N[C@H](c2cc(-c3ccccc3)cc(-c3ccccc3)c2)[C@@H](COCc2ccccc2)O1)C1=N[C@H](c2cc(-c3ccccc3)cc(-c3ccccc3)c2)[C@@H](COCc2ccccc2)O1. The normalized spacial score (nSPS) is 17.9. The second-order valence-corrected chi connectivity index (χ2v) is 17.8. The number of nitrogens with zero attached hydrogens (tertiary/aromatic N) is 2. The maximum absolute atomic E-state index is 7.04. The van der Waals surface area contributed by atoms with Crippen molar-refractivity contribution < 1.29 is 18.9 Å². The molecule has 67 heavy (non-hydrogen) atoms. The number of aliphatic imine (C=N–C) groups is 2. The Labute approximate surface area is 394 Å². The summed E-state index contributed by atoms with van der Waals surface area (Å²) in [7, 11) is 0. The highest BCUT2D eigenvalue weighted by molar-refractivity contribution is 6.05. The quantitative estimate of drug-likeness (QED) is 0.0970. The van der Waals surface area contributed by atoms with E-state index in [4.69, 9.17) is 28.9 Å². The molecule has 10 rings (SSSR count). The first-order chi connectivity index (χ1) is 32.9. The molecule has 0 saturated heterocycles. The van der Waals surface area contributed by atoms with Gasteiger partial charge in [-0.3, -0.25) is 0 Å². The van der Waals surface area contributed by atoms with Crippen LogP contribution in [0.25, 0.3) is 44.5 Å². The van der Waals surface area contributed by atoms with Crippen LogP contribution < -0.4 is 0 Å². The van der Waals surface area contributed by atoms with Crippen molar-refractivity contribution in [3.63, 3.8) is 0 Å². The molecule has 2 aliphatic rings. The lowest BCUT2D eigenvalue weighted by molar-refractivity contribution is 0.0267. The number of hydrogen-bond acceptors (Lipinski definition) is 6. The highest BCUT2D eigenvalue weighted by Crippen LogP contribution is 2.43. The fourth-order valence-corrected chi connectivity index (χ4v) is 9.00. The summed E-state index contributed by atoms with van der Waals surface area (Å²) in [5.74, 6) is 1.12.